The van der Waals surface area contributed by atoms with Gasteiger partial charge >= 0.3 is 0 Å². The predicted molar refractivity (Wildman–Crippen MR) is 125 cm³/mol. The number of carbonyl (C=O) groups is 2. The Bertz CT molecular complexity index is 919. The van der Waals surface area contributed by atoms with E-state index in [9.17, 15) is 9.59 Å². The van der Waals surface area contributed by atoms with Crippen LogP contribution in [0.1, 0.15) is 22.0 Å². The molecule has 6 nitrogen and oxygen atoms in total. The second-order valence-electron chi connectivity index (χ2n) is 7.68. The van der Waals surface area contributed by atoms with Crippen molar-refractivity contribution in [1.82, 2.24) is 9.80 Å². The summed E-state index contributed by atoms with van der Waals surface area (Å²) in [6.07, 6.45) is -0.0810. The Morgan fingerprint density at radius 2 is 1.87 bits per heavy atom. The molecule has 2 aromatic rings. The van der Waals surface area contributed by atoms with Crippen LogP contribution in [0.5, 0.6) is 0 Å². The zero-order chi connectivity index (χ0) is 21.6. The topological polar surface area (TPSA) is 61.9 Å². The van der Waals surface area contributed by atoms with E-state index >= 15 is 0 Å². The van der Waals surface area contributed by atoms with Crippen LogP contribution in [0, 0.1) is 0 Å². The Morgan fingerprint density at radius 3 is 2.65 bits per heavy atom. The first-order chi connectivity index (χ1) is 15.1. The molecule has 2 aromatic carbocycles. The third-order valence-electron chi connectivity index (χ3n) is 5.45. The van der Waals surface area contributed by atoms with E-state index in [0.717, 1.165) is 30.2 Å². The third-order valence-corrected chi connectivity index (χ3v) is 6.65. The predicted octanol–water partition coefficient (Wildman–Crippen LogP) is 3.54. The Morgan fingerprint density at radius 1 is 1.10 bits per heavy atom. The summed E-state index contributed by atoms with van der Waals surface area (Å²) in [4.78, 5) is 29.3. The molecule has 2 fully saturated rings. The van der Waals surface area contributed by atoms with Crippen LogP contribution >= 0.6 is 23.4 Å². The molecule has 0 saturated carbocycles. The van der Waals surface area contributed by atoms with Crippen LogP contribution in [-0.2, 0) is 9.53 Å². The number of hydrogen-bond acceptors (Lipinski definition) is 5. The molecule has 164 valence electrons. The normalized spacial score (nSPS) is 19.8. The first kappa shape index (κ1) is 22.1. The first-order valence-corrected chi connectivity index (χ1v) is 12.0. The number of hydrogen-bond donors (Lipinski definition) is 1. The van der Waals surface area contributed by atoms with Crippen LogP contribution in [0.25, 0.3) is 0 Å². The summed E-state index contributed by atoms with van der Waals surface area (Å²) in [6.45, 7) is 3.72. The maximum absolute atomic E-state index is 12.7. The van der Waals surface area contributed by atoms with Crippen molar-refractivity contribution in [1.29, 1.82) is 0 Å². The Balaban J connectivity index is 1.33. The molecule has 2 aliphatic heterocycles. The van der Waals surface area contributed by atoms with Crippen molar-refractivity contribution >= 4 is 40.9 Å². The molecule has 1 unspecified atom stereocenters. The van der Waals surface area contributed by atoms with Crippen LogP contribution in [0.4, 0.5) is 5.69 Å². The molecule has 0 aromatic heterocycles. The molecule has 0 aliphatic carbocycles. The lowest BCUT2D eigenvalue weighted by molar-refractivity contribution is -0.119. The number of rotatable bonds is 5. The van der Waals surface area contributed by atoms with Crippen LogP contribution in [0.15, 0.2) is 48.5 Å². The number of nitrogens with zero attached hydrogens (tertiary/aromatic N) is 2. The summed E-state index contributed by atoms with van der Waals surface area (Å²) < 4.78 is 5.87. The fraction of sp³-hybridized carbons (Fsp3) is 0.391. The standard InChI is InChI=1S/C23H26ClN3O3S/c24-19-6-4-17(5-7-19)21-15-26(8-11-30-21)16-22(28)25-20-3-1-2-18(14-20)23(29)27-9-12-31-13-10-27/h1-7,14,21H,8-13,15-16H2,(H,25,28). The van der Waals surface area contributed by atoms with E-state index < -0.39 is 0 Å². The number of amides is 2. The molecular weight excluding hydrogens is 434 g/mol. The van der Waals surface area contributed by atoms with Crippen molar-refractivity contribution in [2.75, 3.05) is 56.2 Å². The smallest absolute Gasteiger partial charge is 0.253 e. The maximum atomic E-state index is 12.7. The van der Waals surface area contributed by atoms with Crippen LogP contribution in [0.3, 0.4) is 0 Å². The van der Waals surface area contributed by atoms with Crippen LogP contribution < -0.4 is 5.32 Å². The van der Waals surface area contributed by atoms with Gasteiger partial charge in [-0.2, -0.15) is 11.8 Å². The first-order valence-electron chi connectivity index (χ1n) is 10.4. The molecule has 2 aliphatic rings. The molecule has 2 saturated heterocycles. The Kier molecular flexibility index (Phi) is 7.50. The highest BCUT2D eigenvalue weighted by Crippen LogP contribution is 2.24. The minimum atomic E-state index is -0.101. The van der Waals surface area contributed by atoms with Gasteiger partial charge in [-0.1, -0.05) is 29.8 Å². The minimum Gasteiger partial charge on any atom is -0.371 e. The van der Waals surface area contributed by atoms with E-state index in [0.29, 0.717) is 36.0 Å². The molecule has 0 bridgehead atoms. The summed E-state index contributed by atoms with van der Waals surface area (Å²) in [6, 6.07) is 14.8. The zero-order valence-corrected chi connectivity index (χ0v) is 18.8. The van der Waals surface area contributed by atoms with E-state index in [1.54, 1.807) is 12.1 Å². The summed E-state index contributed by atoms with van der Waals surface area (Å²) >= 11 is 7.84. The van der Waals surface area contributed by atoms with Gasteiger partial charge in [-0.25, -0.2) is 0 Å². The number of nitrogens with one attached hydrogen (secondary N) is 1. The number of morpholine rings is 1. The van der Waals surface area contributed by atoms with E-state index in [1.807, 2.05) is 53.1 Å². The van der Waals surface area contributed by atoms with Crippen LogP contribution in [0.2, 0.25) is 5.02 Å². The highest BCUT2D eigenvalue weighted by molar-refractivity contribution is 7.99. The minimum absolute atomic E-state index is 0.0235. The number of anilines is 1. The van der Waals surface area contributed by atoms with E-state index in [4.69, 9.17) is 16.3 Å². The largest absolute Gasteiger partial charge is 0.371 e. The van der Waals surface area contributed by atoms with Gasteiger partial charge in [0.05, 0.1) is 19.3 Å². The lowest BCUT2D eigenvalue weighted by Gasteiger charge is -2.32. The second-order valence-corrected chi connectivity index (χ2v) is 9.34. The van der Waals surface area contributed by atoms with Crippen molar-refractivity contribution < 1.29 is 14.3 Å². The van der Waals surface area contributed by atoms with Crippen molar-refractivity contribution in [3.8, 4) is 0 Å². The highest BCUT2D eigenvalue weighted by atomic mass is 35.5. The number of carbonyl (C=O) groups excluding carboxylic acids is 2. The average Bonchev–Trinajstić information content (AvgIpc) is 2.80. The summed E-state index contributed by atoms with van der Waals surface area (Å²) in [7, 11) is 0. The molecule has 2 heterocycles. The fourth-order valence-corrected chi connectivity index (χ4v) is 4.84. The quantitative estimate of drug-likeness (QED) is 0.741. The number of benzene rings is 2. The fourth-order valence-electron chi connectivity index (χ4n) is 3.81. The lowest BCUT2D eigenvalue weighted by atomic mass is 10.1. The van der Waals surface area contributed by atoms with Gasteiger partial charge in [0, 0.05) is 54.0 Å². The Hall–Kier alpha value is -2.06. The number of halogens is 1. The molecule has 0 spiro atoms. The van der Waals surface area contributed by atoms with Gasteiger partial charge in [0.1, 0.15) is 0 Å². The van der Waals surface area contributed by atoms with Gasteiger partial charge in [-0.15, -0.1) is 0 Å². The van der Waals surface area contributed by atoms with E-state index in [1.165, 1.54) is 0 Å². The monoisotopic (exact) mass is 459 g/mol. The van der Waals surface area contributed by atoms with Crippen LogP contribution in [-0.4, -0.2) is 72.5 Å². The van der Waals surface area contributed by atoms with Gasteiger partial charge < -0.3 is 15.0 Å². The average molecular weight is 460 g/mol. The van der Waals surface area contributed by atoms with E-state index in [-0.39, 0.29) is 24.5 Å². The molecule has 4 rings (SSSR count). The van der Waals surface area contributed by atoms with Crippen molar-refractivity contribution in [3.63, 3.8) is 0 Å². The molecule has 31 heavy (non-hydrogen) atoms. The lowest BCUT2D eigenvalue weighted by Crippen LogP contribution is -2.42. The van der Waals surface area contributed by atoms with Gasteiger partial charge in [-0.3, -0.25) is 14.5 Å². The highest BCUT2D eigenvalue weighted by Gasteiger charge is 2.24. The molecule has 1 atom stereocenters. The summed E-state index contributed by atoms with van der Waals surface area (Å²) in [5, 5.41) is 3.63. The number of ether oxygens (including phenoxy) is 1. The maximum Gasteiger partial charge on any atom is 0.253 e. The molecule has 2 amide bonds. The zero-order valence-electron chi connectivity index (χ0n) is 17.3. The number of thioether (sulfide) groups is 1. The molecule has 8 heteroatoms. The van der Waals surface area contributed by atoms with Crippen molar-refractivity contribution in [3.05, 3.63) is 64.7 Å². The van der Waals surface area contributed by atoms with Gasteiger partial charge in [0.2, 0.25) is 5.91 Å². The SMILES string of the molecule is O=C(CN1CCOC(c2ccc(Cl)cc2)C1)Nc1cccc(C(=O)N2CCSCC2)c1. The molecule has 1 N–H and O–H groups in total. The Labute approximate surface area is 191 Å². The second kappa shape index (κ2) is 10.5. The van der Waals surface area contributed by atoms with Crippen molar-refractivity contribution in [2.45, 2.75) is 6.10 Å². The summed E-state index contributed by atoms with van der Waals surface area (Å²) in [5.41, 5.74) is 2.31. The van der Waals surface area contributed by atoms with Crippen molar-refractivity contribution in [2.24, 2.45) is 0 Å². The van der Waals surface area contributed by atoms with Gasteiger partial charge in [0.25, 0.3) is 5.91 Å². The molecule has 0 radical (unpaired) electrons. The van der Waals surface area contributed by atoms with Gasteiger partial charge in [-0.05, 0) is 35.9 Å². The van der Waals surface area contributed by atoms with Gasteiger partial charge in [0.15, 0.2) is 0 Å². The third kappa shape index (κ3) is 6.01. The summed E-state index contributed by atoms with van der Waals surface area (Å²) in [5.74, 6) is 1.86. The molecular formula is C23H26ClN3O3S. The van der Waals surface area contributed by atoms with E-state index in [2.05, 4.69) is 10.2 Å².